The molecule has 3 aromatic carbocycles. The normalized spacial score (nSPS) is 11.4. The van der Waals surface area contributed by atoms with Crippen LogP contribution in [0, 0.1) is 0 Å². The van der Waals surface area contributed by atoms with Crippen molar-refractivity contribution in [2.45, 2.75) is 4.90 Å². The van der Waals surface area contributed by atoms with Crippen LogP contribution in [0.2, 0.25) is 5.02 Å². The number of halogens is 1. The molecule has 1 heterocycles. The van der Waals surface area contributed by atoms with Crippen molar-refractivity contribution >= 4 is 44.1 Å². The van der Waals surface area contributed by atoms with E-state index in [-0.39, 0.29) is 10.5 Å². The molecule has 6 nitrogen and oxygen atoms in total. The summed E-state index contributed by atoms with van der Waals surface area (Å²) in [5.41, 5.74) is 3.44. The standard InChI is InChI=1S/C22H16ClN3O3S/c1-30(28,29)16-6-4-5-14(11-16)22(27)25-15-9-10-18(23)17(12-15)21-13-24-19-7-2-3-8-20(19)26-21/h2-13H,1H3,(H,25,27). The molecule has 1 aromatic heterocycles. The maximum atomic E-state index is 12.6. The van der Waals surface area contributed by atoms with Crippen LogP contribution in [0.25, 0.3) is 22.3 Å². The van der Waals surface area contributed by atoms with E-state index in [1.54, 1.807) is 30.5 Å². The lowest BCUT2D eigenvalue weighted by Gasteiger charge is -2.10. The van der Waals surface area contributed by atoms with Crippen molar-refractivity contribution in [3.05, 3.63) is 83.5 Å². The highest BCUT2D eigenvalue weighted by molar-refractivity contribution is 7.90. The molecule has 0 bridgehead atoms. The van der Waals surface area contributed by atoms with Crippen molar-refractivity contribution in [3.63, 3.8) is 0 Å². The summed E-state index contributed by atoms with van der Waals surface area (Å²) in [4.78, 5) is 21.7. The van der Waals surface area contributed by atoms with Crippen molar-refractivity contribution in [2.24, 2.45) is 0 Å². The highest BCUT2D eigenvalue weighted by atomic mass is 35.5. The summed E-state index contributed by atoms with van der Waals surface area (Å²) < 4.78 is 23.5. The van der Waals surface area contributed by atoms with Gasteiger partial charge in [0.2, 0.25) is 0 Å². The third-order valence-electron chi connectivity index (χ3n) is 4.47. The second-order valence-corrected chi connectivity index (χ2v) is 9.12. The molecule has 0 unspecified atom stereocenters. The summed E-state index contributed by atoms with van der Waals surface area (Å²) in [6, 6.07) is 18.4. The topological polar surface area (TPSA) is 89.0 Å². The number of amides is 1. The zero-order valence-corrected chi connectivity index (χ0v) is 17.4. The number of nitrogens with one attached hydrogen (secondary N) is 1. The molecule has 0 aliphatic carbocycles. The Balaban J connectivity index is 1.65. The molecule has 0 radical (unpaired) electrons. The zero-order chi connectivity index (χ0) is 21.3. The van der Waals surface area contributed by atoms with E-state index >= 15 is 0 Å². The third kappa shape index (κ3) is 4.17. The molecule has 0 aliphatic rings. The van der Waals surface area contributed by atoms with Gasteiger partial charge in [0.05, 0.1) is 32.8 Å². The molecule has 150 valence electrons. The van der Waals surface area contributed by atoms with E-state index in [2.05, 4.69) is 15.3 Å². The van der Waals surface area contributed by atoms with Crippen molar-refractivity contribution in [1.82, 2.24) is 9.97 Å². The number of carbonyl (C=O) groups excluding carboxylic acids is 1. The molecule has 0 fully saturated rings. The molecule has 1 amide bonds. The first-order chi connectivity index (χ1) is 14.3. The Labute approximate surface area is 178 Å². The highest BCUT2D eigenvalue weighted by Gasteiger charge is 2.14. The van der Waals surface area contributed by atoms with E-state index in [1.165, 1.54) is 18.2 Å². The number of hydrogen-bond acceptors (Lipinski definition) is 5. The maximum absolute atomic E-state index is 12.6. The number of rotatable bonds is 4. The van der Waals surface area contributed by atoms with E-state index in [4.69, 9.17) is 11.6 Å². The first-order valence-electron chi connectivity index (χ1n) is 8.94. The van der Waals surface area contributed by atoms with Crippen LogP contribution in [0.3, 0.4) is 0 Å². The molecule has 0 aliphatic heterocycles. The summed E-state index contributed by atoms with van der Waals surface area (Å²) in [5.74, 6) is -0.432. The highest BCUT2D eigenvalue weighted by Crippen LogP contribution is 2.30. The van der Waals surface area contributed by atoms with Crippen LogP contribution >= 0.6 is 11.6 Å². The number of aromatic nitrogens is 2. The van der Waals surface area contributed by atoms with Crippen LogP contribution < -0.4 is 5.32 Å². The van der Waals surface area contributed by atoms with Crippen LogP contribution in [0.5, 0.6) is 0 Å². The zero-order valence-electron chi connectivity index (χ0n) is 15.8. The first kappa shape index (κ1) is 20.0. The molecule has 0 saturated heterocycles. The van der Waals surface area contributed by atoms with E-state index in [1.807, 2.05) is 24.3 Å². The fourth-order valence-electron chi connectivity index (χ4n) is 2.96. The summed E-state index contributed by atoms with van der Waals surface area (Å²) in [6.07, 6.45) is 2.73. The number of sulfone groups is 1. The smallest absolute Gasteiger partial charge is 0.255 e. The predicted molar refractivity (Wildman–Crippen MR) is 117 cm³/mol. The van der Waals surface area contributed by atoms with Crippen LogP contribution in [0.4, 0.5) is 5.69 Å². The summed E-state index contributed by atoms with van der Waals surface area (Å²) in [5, 5.41) is 3.24. The minimum atomic E-state index is -3.41. The quantitative estimate of drug-likeness (QED) is 0.503. The number of fused-ring (bicyclic) bond motifs is 1. The molecular formula is C22H16ClN3O3S. The summed E-state index contributed by atoms with van der Waals surface area (Å²) in [7, 11) is -3.41. The average molecular weight is 438 g/mol. The van der Waals surface area contributed by atoms with E-state index in [0.29, 0.717) is 22.0 Å². The van der Waals surface area contributed by atoms with Crippen molar-refractivity contribution in [1.29, 1.82) is 0 Å². The van der Waals surface area contributed by atoms with Gasteiger partial charge in [-0.2, -0.15) is 0 Å². The van der Waals surface area contributed by atoms with Crippen LogP contribution in [0.1, 0.15) is 10.4 Å². The van der Waals surface area contributed by atoms with Gasteiger partial charge in [0, 0.05) is 23.1 Å². The van der Waals surface area contributed by atoms with E-state index < -0.39 is 15.7 Å². The lowest BCUT2D eigenvalue weighted by molar-refractivity contribution is 0.102. The number of carbonyl (C=O) groups is 1. The van der Waals surface area contributed by atoms with Gasteiger partial charge in [0.15, 0.2) is 9.84 Å². The largest absolute Gasteiger partial charge is 0.322 e. The number of para-hydroxylation sites is 2. The van der Waals surface area contributed by atoms with E-state index in [0.717, 1.165) is 17.3 Å². The Hall–Kier alpha value is -3.29. The molecule has 0 saturated carbocycles. The van der Waals surface area contributed by atoms with Gasteiger partial charge in [0.1, 0.15) is 0 Å². The SMILES string of the molecule is CS(=O)(=O)c1cccc(C(=O)Nc2ccc(Cl)c(-c3cnc4ccccc4n3)c2)c1. The minimum Gasteiger partial charge on any atom is -0.322 e. The first-order valence-corrected chi connectivity index (χ1v) is 11.2. The van der Waals surface area contributed by atoms with Crippen LogP contribution in [-0.4, -0.2) is 30.5 Å². The van der Waals surface area contributed by atoms with Gasteiger partial charge in [-0.15, -0.1) is 0 Å². The molecule has 8 heteroatoms. The molecule has 4 aromatic rings. The lowest BCUT2D eigenvalue weighted by atomic mass is 10.1. The van der Waals surface area contributed by atoms with Gasteiger partial charge in [-0.05, 0) is 48.5 Å². The number of nitrogens with zero attached hydrogens (tertiary/aromatic N) is 2. The summed E-state index contributed by atoms with van der Waals surface area (Å²) >= 11 is 6.36. The van der Waals surface area contributed by atoms with Gasteiger partial charge >= 0.3 is 0 Å². The predicted octanol–water partition coefficient (Wildman–Crippen LogP) is 4.61. The maximum Gasteiger partial charge on any atom is 0.255 e. The van der Waals surface area contributed by atoms with Crippen molar-refractivity contribution in [3.8, 4) is 11.3 Å². The van der Waals surface area contributed by atoms with Crippen molar-refractivity contribution in [2.75, 3.05) is 11.6 Å². The van der Waals surface area contributed by atoms with Gasteiger partial charge in [-0.25, -0.2) is 13.4 Å². The van der Waals surface area contributed by atoms with Gasteiger partial charge in [0.25, 0.3) is 5.91 Å². The number of hydrogen-bond donors (Lipinski definition) is 1. The van der Waals surface area contributed by atoms with Gasteiger partial charge < -0.3 is 5.32 Å². The molecule has 30 heavy (non-hydrogen) atoms. The Morgan fingerprint density at radius 2 is 1.73 bits per heavy atom. The molecule has 0 spiro atoms. The minimum absolute atomic E-state index is 0.0818. The second-order valence-electron chi connectivity index (χ2n) is 6.69. The second kappa shape index (κ2) is 7.85. The van der Waals surface area contributed by atoms with Crippen LogP contribution in [-0.2, 0) is 9.84 Å². The Morgan fingerprint density at radius 1 is 0.967 bits per heavy atom. The Bertz CT molecular complexity index is 1390. The summed E-state index contributed by atoms with van der Waals surface area (Å²) in [6.45, 7) is 0. The number of benzene rings is 3. The van der Waals surface area contributed by atoms with Gasteiger partial charge in [-0.3, -0.25) is 9.78 Å². The lowest BCUT2D eigenvalue weighted by Crippen LogP contribution is -2.12. The fraction of sp³-hybridized carbons (Fsp3) is 0.0455. The molecule has 1 N–H and O–H groups in total. The van der Waals surface area contributed by atoms with Gasteiger partial charge in [-0.1, -0.05) is 29.8 Å². The molecule has 0 atom stereocenters. The Morgan fingerprint density at radius 3 is 2.50 bits per heavy atom. The van der Waals surface area contributed by atoms with Crippen LogP contribution in [0.15, 0.2) is 77.8 Å². The molecular weight excluding hydrogens is 422 g/mol. The molecule has 4 rings (SSSR count). The van der Waals surface area contributed by atoms with E-state index in [9.17, 15) is 13.2 Å². The fourth-order valence-corrected chi connectivity index (χ4v) is 3.84. The van der Waals surface area contributed by atoms with Crippen molar-refractivity contribution < 1.29 is 13.2 Å². The average Bonchev–Trinajstić information content (AvgIpc) is 2.74. The number of anilines is 1. The Kier molecular flexibility index (Phi) is 5.24. The third-order valence-corrected chi connectivity index (χ3v) is 5.91. The monoisotopic (exact) mass is 437 g/mol.